The third-order valence-electron chi connectivity index (χ3n) is 5.63. The Balaban J connectivity index is 1.87. The zero-order valence-corrected chi connectivity index (χ0v) is 10.7. The molecule has 4 aliphatic rings. The summed E-state index contributed by atoms with van der Waals surface area (Å²) in [6, 6.07) is 0. The van der Waals surface area contributed by atoms with Crippen molar-refractivity contribution in [2.24, 2.45) is 17.3 Å². The van der Waals surface area contributed by atoms with Crippen LogP contribution in [0, 0.1) is 17.3 Å². The normalized spacial score (nSPS) is 57.9. The number of hydrogen-bond donors (Lipinski definition) is 0. The van der Waals surface area contributed by atoms with Crippen LogP contribution < -0.4 is 0 Å². The van der Waals surface area contributed by atoms with Crippen LogP contribution in [-0.2, 0) is 14.3 Å². The minimum atomic E-state index is -0.792. The molecule has 92 valence electrons. The minimum Gasteiger partial charge on any atom is -0.362 e. The largest absolute Gasteiger partial charge is 0.362 e. The van der Waals surface area contributed by atoms with E-state index in [1.165, 1.54) is 0 Å². The van der Waals surface area contributed by atoms with Crippen LogP contribution in [0.15, 0.2) is 0 Å². The second-order valence-corrected chi connectivity index (χ2v) is 7.33. The number of ketones is 2. The second kappa shape index (κ2) is 2.48. The van der Waals surface area contributed by atoms with Gasteiger partial charge in [-0.3, -0.25) is 9.59 Å². The van der Waals surface area contributed by atoms with Crippen molar-refractivity contribution in [2.75, 3.05) is 0 Å². The predicted molar refractivity (Wildman–Crippen MR) is 60.8 cm³/mol. The topological polar surface area (TPSA) is 43.4 Å². The monoisotopic (exact) mass is 254 g/mol. The lowest BCUT2D eigenvalue weighted by atomic mass is 9.65. The molecule has 4 fully saturated rings. The second-order valence-electron chi connectivity index (χ2n) is 6.50. The zero-order valence-electron chi connectivity index (χ0n) is 9.96. The molecule has 4 rings (SSSR count). The van der Waals surface area contributed by atoms with E-state index in [0.29, 0.717) is 6.42 Å². The van der Waals surface area contributed by atoms with Crippen molar-refractivity contribution in [1.29, 1.82) is 0 Å². The maximum Gasteiger partial charge on any atom is 0.170 e. The first-order valence-electron chi connectivity index (χ1n) is 6.29. The van der Waals surface area contributed by atoms with Crippen molar-refractivity contribution in [1.82, 2.24) is 0 Å². The average molecular weight is 255 g/mol. The number of Topliss-reactive ketones (excluding diaryl/α,β-unsaturated/α-hetero) is 2. The number of ether oxygens (including phenoxy) is 1. The maximum absolute atomic E-state index is 12.4. The zero-order chi connectivity index (χ0) is 12.2. The van der Waals surface area contributed by atoms with E-state index in [0.717, 1.165) is 12.8 Å². The molecule has 0 aromatic rings. The first-order valence-corrected chi connectivity index (χ1v) is 6.67. The maximum atomic E-state index is 12.4. The van der Waals surface area contributed by atoms with Crippen molar-refractivity contribution in [2.45, 2.75) is 49.7 Å². The van der Waals surface area contributed by atoms with Crippen LogP contribution in [0.1, 0.15) is 33.1 Å². The fraction of sp³-hybridized carbons (Fsp3) is 0.846. The highest BCUT2D eigenvalue weighted by Gasteiger charge is 2.82. The molecule has 5 atom stereocenters. The molecule has 0 unspecified atom stereocenters. The van der Waals surface area contributed by atoms with E-state index in [1.54, 1.807) is 6.92 Å². The molecular formula is C13H15ClO3. The summed E-state index contributed by atoms with van der Waals surface area (Å²) in [5, 5.41) is 0. The van der Waals surface area contributed by atoms with Crippen molar-refractivity contribution in [3.05, 3.63) is 0 Å². The standard InChI is InChI=1S/C13H15ClO3/c1-11(14)5-6-7(9(11)15)12(2)13(3-4-13)10(16)8(6)17-12/h6-8H,3-5H2,1-2H3/t6-,7-,8-,11+,12+/m0/s1. The molecule has 0 N–H and O–H groups in total. The molecule has 17 heavy (non-hydrogen) atoms. The summed E-state index contributed by atoms with van der Waals surface area (Å²) in [6.45, 7) is 3.74. The van der Waals surface area contributed by atoms with Gasteiger partial charge >= 0.3 is 0 Å². The van der Waals surface area contributed by atoms with Crippen LogP contribution in [-0.4, -0.2) is 28.1 Å². The highest BCUT2D eigenvalue weighted by Crippen LogP contribution is 2.72. The molecule has 0 amide bonds. The van der Waals surface area contributed by atoms with Gasteiger partial charge in [-0.1, -0.05) is 0 Å². The molecule has 1 spiro atoms. The lowest BCUT2D eigenvalue weighted by molar-refractivity contribution is -0.132. The van der Waals surface area contributed by atoms with E-state index in [9.17, 15) is 9.59 Å². The molecule has 2 saturated carbocycles. The van der Waals surface area contributed by atoms with Crippen LogP contribution in [0.4, 0.5) is 0 Å². The fourth-order valence-electron chi connectivity index (χ4n) is 4.59. The summed E-state index contributed by atoms with van der Waals surface area (Å²) in [7, 11) is 0. The van der Waals surface area contributed by atoms with Crippen molar-refractivity contribution in [3.8, 4) is 0 Å². The molecule has 2 aliphatic heterocycles. The summed E-state index contributed by atoms with van der Waals surface area (Å²) in [5.74, 6) is 0.195. The van der Waals surface area contributed by atoms with Crippen molar-refractivity contribution in [3.63, 3.8) is 0 Å². The summed E-state index contributed by atoms with van der Waals surface area (Å²) in [6.07, 6.45) is 1.99. The Morgan fingerprint density at radius 3 is 2.47 bits per heavy atom. The van der Waals surface area contributed by atoms with Gasteiger partial charge in [0.2, 0.25) is 0 Å². The molecule has 0 aromatic carbocycles. The van der Waals surface area contributed by atoms with Crippen LogP contribution in [0.5, 0.6) is 0 Å². The van der Waals surface area contributed by atoms with E-state index in [-0.39, 0.29) is 34.9 Å². The SMILES string of the molecule is C[C@@]1(Cl)C[C@@H]2[C@@H]3O[C@](C)([C@@H]2C1=O)C1(CC1)C3=O. The Kier molecular flexibility index (Phi) is 1.53. The van der Waals surface area contributed by atoms with Gasteiger partial charge in [0.1, 0.15) is 11.0 Å². The van der Waals surface area contributed by atoms with E-state index in [1.807, 2.05) is 6.92 Å². The quantitative estimate of drug-likeness (QED) is 0.618. The number of carbonyl (C=O) groups is 2. The van der Waals surface area contributed by atoms with Crippen molar-refractivity contribution < 1.29 is 14.3 Å². The van der Waals surface area contributed by atoms with Crippen LogP contribution in [0.3, 0.4) is 0 Å². The molecule has 2 aliphatic carbocycles. The molecule has 0 radical (unpaired) electrons. The third-order valence-corrected chi connectivity index (χ3v) is 5.97. The van der Waals surface area contributed by atoms with Crippen LogP contribution in [0.25, 0.3) is 0 Å². The summed E-state index contributed by atoms with van der Waals surface area (Å²) in [4.78, 5) is 23.9. The Hall–Kier alpha value is -0.410. The molecule has 4 heteroatoms. The first-order chi connectivity index (χ1) is 7.83. The lowest BCUT2D eigenvalue weighted by Crippen LogP contribution is -2.49. The van der Waals surface area contributed by atoms with E-state index in [4.69, 9.17) is 16.3 Å². The molecule has 2 heterocycles. The predicted octanol–water partition coefficient (Wildman–Crippen LogP) is 1.71. The van der Waals surface area contributed by atoms with Gasteiger partial charge in [0.05, 0.1) is 16.9 Å². The van der Waals surface area contributed by atoms with Crippen LogP contribution >= 0.6 is 11.6 Å². The van der Waals surface area contributed by atoms with Gasteiger partial charge in [-0.15, -0.1) is 11.6 Å². The highest BCUT2D eigenvalue weighted by molar-refractivity contribution is 6.36. The van der Waals surface area contributed by atoms with E-state index < -0.39 is 10.5 Å². The van der Waals surface area contributed by atoms with Gasteiger partial charge < -0.3 is 4.74 Å². The van der Waals surface area contributed by atoms with Gasteiger partial charge in [-0.2, -0.15) is 0 Å². The average Bonchev–Trinajstić information content (AvgIpc) is 2.89. The number of alkyl halides is 1. The number of hydrogen-bond acceptors (Lipinski definition) is 3. The molecular weight excluding hydrogens is 240 g/mol. The summed E-state index contributed by atoms with van der Waals surface area (Å²) < 4.78 is 5.95. The molecule has 2 bridgehead atoms. The van der Waals surface area contributed by atoms with Gasteiger partial charge in [-0.05, 0) is 33.1 Å². The molecule has 3 nitrogen and oxygen atoms in total. The summed E-state index contributed by atoms with van der Waals surface area (Å²) >= 11 is 6.29. The fourth-order valence-corrected chi connectivity index (χ4v) is 4.88. The highest BCUT2D eigenvalue weighted by atomic mass is 35.5. The molecule has 2 saturated heterocycles. The smallest absolute Gasteiger partial charge is 0.170 e. The summed E-state index contributed by atoms with van der Waals surface area (Å²) in [5.41, 5.74) is -0.908. The number of carbonyl (C=O) groups excluding carboxylic acids is 2. The lowest BCUT2D eigenvalue weighted by Gasteiger charge is -2.35. The Labute approximate surface area is 105 Å². The Morgan fingerprint density at radius 2 is 1.88 bits per heavy atom. The van der Waals surface area contributed by atoms with Crippen molar-refractivity contribution >= 4 is 23.2 Å². The number of halogens is 1. The van der Waals surface area contributed by atoms with E-state index >= 15 is 0 Å². The third kappa shape index (κ3) is 0.868. The van der Waals surface area contributed by atoms with Gasteiger partial charge in [0.15, 0.2) is 11.6 Å². The van der Waals surface area contributed by atoms with Gasteiger partial charge in [-0.25, -0.2) is 0 Å². The van der Waals surface area contributed by atoms with E-state index in [2.05, 4.69) is 0 Å². The van der Waals surface area contributed by atoms with Gasteiger partial charge in [0.25, 0.3) is 0 Å². The van der Waals surface area contributed by atoms with Crippen LogP contribution in [0.2, 0.25) is 0 Å². The first kappa shape index (κ1) is 10.5. The van der Waals surface area contributed by atoms with Gasteiger partial charge in [0, 0.05) is 5.92 Å². The number of fused-ring (bicyclic) bond motifs is 6. The Morgan fingerprint density at radius 1 is 1.24 bits per heavy atom. The molecule has 0 aromatic heterocycles. The minimum absolute atomic E-state index is 0.0220. The number of rotatable bonds is 0. The Bertz CT molecular complexity index is 465.